The average Bonchev–Trinajstić information content (AvgIpc) is 2.84. The van der Waals surface area contributed by atoms with Crippen LogP contribution in [0.2, 0.25) is 0 Å². The number of sulfonamides is 1. The van der Waals surface area contributed by atoms with E-state index in [2.05, 4.69) is 5.32 Å². The highest BCUT2D eigenvalue weighted by Gasteiger charge is 2.26. The predicted molar refractivity (Wildman–Crippen MR) is 84.5 cm³/mol. The molecule has 1 rings (SSSR count). The number of hydrogen-bond acceptors (Lipinski definition) is 5. The predicted octanol–water partition coefficient (Wildman–Crippen LogP) is 2.23. The van der Waals surface area contributed by atoms with Crippen molar-refractivity contribution in [2.75, 3.05) is 26.1 Å². The van der Waals surface area contributed by atoms with E-state index in [9.17, 15) is 8.42 Å². The van der Waals surface area contributed by atoms with Crippen molar-refractivity contribution in [3.63, 3.8) is 0 Å². The highest BCUT2D eigenvalue weighted by molar-refractivity contribution is 7.98. The molecule has 0 aliphatic heterocycles. The first-order chi connectivity index (χ1) is 8.93. The number of hydrogen-bond donors (Lipinski definition) is 1. The third-order valence-electron chi connectivity index (χ3n) is 3.00. The standard InChI is InChI=1S/C12H22N2O2S3/c1-10(5-6-17-4)14(3)19(15,16)12-7-11(8-13-2)9-18-12/h7,9-10,13H,5-6,8H2,1-4H3. The second kappa shape index (κ2) is 7.64. The van der Waals surface area contributed by atoms with Crippen LogP contribution in [-0.2, 0) is 16.6 Å². The van der Waals surface area contributed by atoms with Crippen LogP contribution in [0.5, 0.6) is 0 Å². The third kappa shape index (κ3) is 4.46. The zero-order valence-electron chi connectivity index (χ0n) is 11.8. The van der Waals surface area contributed by atoms with Gasteiger partial charge in [0.05, 0.1) is 0 Å². The molecule has 1 atom stereocenters. The van der Waals surface area contributed by atoms with E-state index in [-0.39, 0.29) is 6.04 Å². The zero-order valence-corrected chi connectivity index (χ0v) is 14.3. The molecule has 0 saturated carbocycles. The molecule has 0 radical (unpaired) electrons. The van der Waals surface area contributed by atoms with Crippen molar-refractivity contribution in [2.24, 2.45) is 0 Å². The van der Waals surface area contributed by atoms with E-state index in [1.54, 1.807) is 24.9 Å². The lowest BCUT2D eigenvalue weighted by Crippen LogP contribution is -2.35. The Hall–Kier alpha value is -0.0800. The van der Waals surface area contributed by atoms with Gasteiger partial charge in [0.25, 0.3) is 10.0 Å². The van der Waals surface area contributed by atoms with Crippen LogP contribution in [-0.4, -0.2) is 44.9 Å². The Morgan fingerprint density at radius 3 is 2.79 bits per heavy atom. The van der Waals surface area contributed by atoms with Gasteiger partial charge in [0.15, 0.2) is 0 Å². The van der Waals surface area contributed by atoms with E-state index in [0.717, 1.165) is 17.7 Å². The summed E-state index contributed by atoms with van der Waals surface area (Å²) >= 11 is 3.03. The van der Waals surface area contributed by atoms with Gasteiger partial charge in [-0.15, -0.1) is 11.3 Å². The van der Waals surface area contributed by atoms with Crippen molar-refractivity contribution >= 4 is 33.1 Å². The first kappa shape index (κ1) is 17.0. The van der Waals surface area contributed by atoms with Gasteiger partial charge in [-0.3, -0.25) is 0 Å². The zero-order chi connectivity index (χ0) is 14.5. The summed E-state index contributed by atoms with van der Waals surface area (Å²) in [5.41, 5.74) is 1.01. The molecule has 7 heteroatoms. The lowest BCUT2D eigenvalue weighted by atomic mass is 10.3. The van der Waals surface area contributed by atoms with Crippen LogP contribution in [0, 0.1) is 0 Å². The van der Waals surface area contributed by atoms with Gasteiger partial charge in [-0.1, -0.05) is 0 Å². The van der Waals surface area contributed by atoms with Crippen molar-refractivity contribution in [3.05, 3.63) is 17.0 Å². The Morgan fingerprint density at radius 2 is 2.21 bits per heavy atom. The summed E-state index contributed by atoms with van der Waals surface area (Å²) in [5.74, 6) is 0.969. The quantitative estimate of drug-likeness (QED) is 0.797. The minimum absolute atomic E-state index is 0.0206. The molecule has 1 aromatic rings. The van der Waals surface area contributed by atoms with Gasteiger partial charge in [-0.2, -0.15) is 16.1 Å². The largest absolute Gasteiger partial charge is 0.316 e. The molecule has 19 heavy (non-hydrogen) atoms. The number of rotatable bonds is 8. The van der Waals surface area contributed by atoms with E-state index in [1.807, 2.05) is 25.6 Å². The topological polar surface area (TPSA) is 49.4 Å². The van der Waals surface area contributed by atoms with Crippen LogP contribution in [0.3, 0.4) is 0 Å². The summed E-state index contributed by atoms with van der Waals surface area (Å²) in [6.45, 7) is 2.65. The monoisotopic (exact) mass is 322 g/mol. The van der Waals surface area contributed by atoms with E-state index < -0.39 is 10.0 Å². The molecule has 1 N–H and O–H groups in total. The summed E-state index contributed by atoms with van der Waals surface area (Å²) in [4.78, 5) is 0. The summed E-state index contributed by atoms with van der Waals surface area (Å²) in [6.07, 6.45) is 2.90. The number of thiophene rings is 1. The summed E-state index contributed by atoms with van der Waals surface area (Å²) in [7, 11) is 0.163. The lowest BCUT2D eigenvalue weighted by Gasteiger charge is -2.23. The van der Waals surface area contributed by atoms with Gasteiger partial charge in [0.2, 0.25) is 0 Å². The first-order valence-corrected chi connectivity index (χ1v) is 9.83. The van der Waals surface area contributed by atoms with E-state index in [0.29, 0.717) is 10.8 Å². The fourth-order valence-corrected chi connectivity index (χ4v) is 5.00. The van der Waals surface area contributed by atoms with Gasteiger partial charge in [0.1, 0.15) is 4.21 Å². The SMILES string of the molecule is CNCc1csc(S(=O)(=O)N(C)C(C)CCSC)c1. The molecule has 1 unspecified atom stereocenters. The van der Waals surface area contributed by atoms with Crippen molar-refractivity contribution in [2.45, 2.75) is 30.1 Å². The van der Waals surface area contributed by atoms with Crippen molar-refractivity contribution in [3.8, 4) is 0 Å². The molecule has 4 nitrogen and oxygen atoms in total. The van der Waals surface area contributed by atoms with Crippen LogP contribution >= 0.6 is 23.1 Å². The second-order valence-corrected chi connectivity index (χ2v) is 8.58. The summed E-state index contributed by atoms with van der Waals surface area (Å²) in [5, 5.41) is 4.92. The van der Waals surface area contributed by atoms with Crippen LogP contribution in [0.4, 0.5) is 0 Å². The highest BCUT2D eigenvalue weighted by Crippen LogP contribution is 2.25. The van der Waals surface area contributed by atoms with Crippen molar-refractivity contribution in [1.29, 1.82) is 0 Å². The van der Waals surface area contributed by atoms with Crippen LogP contribution in [0.25, 0.3) is 0 Å². The average molecular weight is 323 g/mol. The Labute approximate surface area is 124 Å². The van der Waals surface area contributed by atoms with E-state index >= 15 is 0 Å². The smallest absolute Gasteiger partial charge is 0.252 e. The van der Waals surface area contributed by atoms with Gasteiger partial charge in [-0.05, 0) is 49.4 Å². The minimum Gasteiger partial charge on any atom is -0.316 e. The molecule has 0 aromatic carbocycles. The molecular formula is C12H22N2O2S3. The Kier molecular flexibility index (Phi) is 6.82. The normalized spacial score (nSPS) is 13.9. The maximum atomic E-state index is 12.5. The van der Waals surface area contributed by atoms with Crippen molar-refractivity contribution in [1.82, 2.24) is 9.62 Å². The van der Waals surface area contributed by atoms with Gasteiger partial charge >= 0.3 is 0 Å². The Bertz CT molecular complexity index is 485. The number of nitrogens with zero attached hydrogens (tertiary/aromatic N) is 1. The third-order valence-corrected chi connectivity index (χ3v) is 7.08. The molecule has 1 heterocycles. The maximum Gasteiger partial charge on any atom is 0.252 e. The highest BCUT2D eigenvalue weighted by atomic mass is 32.2. The molecule has 1 aromatic heterocycles. The number of nitrogens with one attached hydrogen (secondary N) is 1. The molecule has 110 valence electrons. The van der Waals surface area contributed by atoms with E-state index in [4.69, 9.17) is 0 Å². The van der Waals surface area contributed by atoms with E-state index in [1.165, 1.54) is 15.6 Å². The molecule has 0 saturated heterocycles. The lowest BCUT2D eigenvalue weighted by molar-refractivity contribution is 0.383. The second-order valence-electron chi connectivity index (χ2n) is 4.46. The molecule has 0 aliphatic carbocycles. The minimum atomic E-state index is -3.35. The first-order valence-electron chi connectivity index (χ1n) is 6.12. The van der Waals surface area contributed by atoms with Gasteiger partial charge in [-0.25, -0.2) is 8.42 Å². The fraction of sp³-hybridized carbons (Fsp3) is 0.667. The van der Waals surface area contributed by atoms with Crippen LogP contribution in [0.1, 0.15) is 18.9 Å². The van der Waals surface area contributed by atoms with Crippen LogP contribution in [0.15, 0.2) is 15.7 Å². The Morgan fingerprint density at radius 1 is 1.53 bits per heavy atom. The summed E-state index contributed by atoms with van der Waals surface area (Å²) in [6, 6.07) is 1.78. The molecule has 0 fully saturated rings. The maximum absolute atomic E-state index is 12.5. The molecular weight excluding hydrogens is 300 g/mol. The van der Waals surface area contributed by atoms with Gasteiger partial charge in [0, 0.05) is 19.6 Å². The van der Waals surface area contributed by atoms with Crippen molar-refractivity contribution < 1.29 is 8.42 Å². The summed E-state index contributed by atoms with van der Waals surface area (Å²) < 4.78 is 26.8. The molecule has 0 bridgehead atoms. The number of thioether (sulfide) groups is 1. The molecule has 0 spiro atoms. The molecule has 0 amide bonds. The van der Waals surface area contributed by atoms with Crippen LogP contribution < -0.4 is 5.32 Å². The molecule has 0 aliphatic rings. The van der Waals surface area contributed by atoms with Gasteiger partial charge < -0.3 is 5.32 Å². The Balaban J connectivity index is 2.83. The fourth-order valence-electron chi connectivity index (χ4n) is 1.63.